The average Bonchev–Trinajstić information content (AvgIpc) is 2.52. The summed E-state index contributed by atoms with van der Waals surface area (Å²) in [7, 11) is 1.73. The molecular formula is C17H27N3O2. The van der Waals surface area contributed by atoms with Crippen LogP contribution in [-0.4, -0.2) is 68.2 Å². The Morgan fingerprint density at radius 1 is 1.32 bits per heavy atom. The van der Waals surface area contributed by atoms with Crippen LogP contribution in [0.1, 0.15) is 12.5 Å². The maximum atomic E-state index is 12.4. The first-order valence-electron chi connectivity index (χ1n) is 7.93. The lowest BCUT2D eigenvalue weighted by molar-refractivity contribution is -0.121. The van der Waals surface area contributed by atoms with Crippen LogP contribution >= 0.6 is 0 Å². The van der Waals surface area contributed by atoms with Crippen LogP contribution in [0.25, 0.3) is 0 Å². The van der Waals surface area contributed by atoms with E-state index in [0.29, 0.717) is 0 Å². The lowest BCUT2D eigenvalue weighted by Crippen LogP contribution is -2.53. The summed E-state index contributed by atoms with van der Waals surface area (Å²) in [4.78, 5) is 17.0. The van der Waals surface area contributed by atoms with E-state index in [1.54, 1.807) is 7.11 Å². The number of ether oxygens (including phenoxy) is 1. The first kappa shape index (κ1) is 16.9. The first-order valence-corrected chi connectivity index (χ1v) is 7.93. The predicted octanol–water partition coefficient (Wildman–Crippen LogP) is 1.59. The molecule has 1 aromatic rings. The topological polar surface area (TPSA) is 44.8 Å². The number of piperazine rings is 1. The highest BCUT2D eigenvalue weighted by molar-refractivity contribution is 5.94. The molecule has 22 heavy (non-hydrogen) atoms. The minimum atomic E-state index is -0.106. The molecule has 0 bridgehead atoms. The molecule has 0 aromatic heterocycles. The number of nitrogens with zero attached hydrogens (tertiary/aromatic N) is 2. The summed E-state index contributed by atoms with van der Waals surface area (Å²) in [6.07, 6.45) is 0. The van der Waals surface area contributed by atoms with Gasteiger partial charge in [-0.25, -0.2) is 0 Å². The van der Waals surface area contributed by atoms with Gasteiger partial charge in [-0.15, -0.1) is 0 Å². The highest BCUT2D eigenvalue weighted by Crippen LogP contribution is 2.12. The average molecular weight is 305 g/mol. The van der Waals surface area contributed by atoms with Crippen molar-refractivity contribution in [3.05, 3.63) is 29.8 Å². The Kier molecular flexibility index (Phi) is 6.36. The number of anilines is 1. The van der Waals surface area contributed by atoms with Crippen LogP contribution in [0.4, 0.5) is 5.69 Å². The number of aryl methyl sites for hydroxylation is 1. The molecule has 122 valence electrons. The maximum Gasteiger partial charge on any atom is 0.241 e. The summed E-state index contributed by atoms with van der Waals surface area (Å²) in [5, 5.41) is 3.01. The van der Waals surface area contributed by atoms with Crippen molar-refractivity contribution >= 4 is 11.6 Å². The minimum Gasteiger partial charge on any atom is -0.383 e. The molecule has 0 radical (unpaired) electrons. The van der Waals surface area contributed by atoms with Crippen LogP contribution in [0.3, 0.4) is 0 Å². The van der Waals surface area contributed by atoms with E-state index in [9.17, 15) is 4.79 Å². The van der Waals surface area contributed by atoms with E-state index in [1.165, 1.54) is 0 Å². The third kappa shape index (κ3) is 4.80. The van der Waals surface area contributed by atoms with Crippen molar-refractivity contribution in [3.8, 4) is 0 Å². The molecule has 1 aromatic carbocycles. The van der Waals surface area contributed by atoms with Crippen molar-refractivity contribution in [1.29, 1.82) is 0 Å². The second kappa shape index (κ2) is 8.27. The Hall–Kier alpha value is -1.43. The van der Waals surface area contributed by atoms with Gasteiger partial charge < -0.3 is 10.1 Å². The number of carbonyl (C=O) groups is 1. The van der Waals surface area contributed by atoms with E-state index >= 15 is 0 Å². The molecular weight excluding hydrogens is 278 g/mol. The SMILES string of the molecule is COCCN1CCN(C(C)C(=O)Nc2cccc(C)c2)CC1. The van der Waals surface area contributed by atoms with Crippen molar-refractivity contribution in [2.24, 2.45) is 0 Å². The summed E-state index contributed by atoms with van der Waals surface area (Å²) in [5.74, 6) is 0.0657. The molecule has 5 nitrogen and oxygen atoms in total. The van der Waals surface area contributed by atoms with Crippen molar-refractivity contribution in [2.45, 2.75) is 19.9 Å². The fraction of sp³-hybridized carbons (Fsp3) is 0.588. The molecule has 1 heterocycles. The summed E-state index contributed by atoms with van der Waals surface area (Å²) in [6.45, 7) is 9.57. The van der Waals surface area contributed by atoms with E-state index < -0.39 is 0 Å². The Morgan fingerprint density at radius 2 is 2.05 bits per heavy atom. The lowest BCUT2D eigenvalue weighted by Gasteiger charge is -2.37. The molecule has 2 rings (SSSR count). The van der Waals surface area contributed by atoms with E-state index in [0.717, 1.165) is 50.6 Å². The molecule has 0 aliphatic carbocycles. The van der Waals surface area contributed by atoms with Crippen LogP contribution in [0.15, 0.2) is 24.3 Å². The quantitative estimate of drug-likeness (QED) is 0.867. The van der Waals surface area contributed by atoms with E-state index in [1.807, 2.05) is 38.1 Å². The van der Waals surface area contributed by atoms with Crippen LogP contribution < -0.4 is 5.32 Å². The molecule has 5 heteroatoms. The van der Waals surface area contributed by atoms with Crippen molar-refractivity contribution < 1.29 is 9.53 Å². The smallest absolute Gasteiger partial charge is 0.241 e. The third-order valence-electron chi connectivity index (χ3n) is 4.23. The third-order valence-corrected chi connectivity index (χ3v) is 4.23. The van der Waals surface area contributed by atoms with Gasteiger partial charge in [-0.1, -0.05) is 12.1 Å². The van der Waals surface area contributed by atoms with Gasteiger partial charge in [0.05, 0.1) is 12.6 Å². The van der Waals surface area contributed by atoms with E-state index in [-0.39, 0.29) is 11.9 Å². The van der Waals surface area contributed by atoms with Gasteiger partial charge in [0.15, 0.2) is 0 Å². The zero-order chi connectivity index (χ0) is 15.9. The number of hydrogen-bond acceptors (Lipinski definition) is 4. The number of nitrogens with one attached hydrogen (secondary N) is 1. The van der Waals surface area contributed by atoms with E-state index in [2.05, 4.69) is 15.1 Å². The molecule has 1 atom stereocenters. The predicted molar refractivity (Wildman–Crippen MR) is 89.2 cm³/mol. The molecule has 1 saturated heterocycles. The second-order valence-electron chi connectivity index (χ2n) is 5.91. The highest BCUT2D eigenvalue weighted by Gasteiger charge is 2.25. The lowest BCUT2D eigenvalue weighted by atomic mass is 10.2. The van der Waals surface area contributed by atoms with Gasteiger partial charge in [-0.3, -0.25) is 14.6 Å². The fourth-order valence-electron chi connectivity index (χ4n) is 2.73. The van der Waals surface area contributed by atoms with Crippen LogP contribution in [0, 0.1) is 6.92 Å². The zero-order valence-electron chi connectivity index (χ0n) is 13.8. The van der Waals surface area contributed by atoms with Crippen molar-refractivity contribution in [2.75, 3.05) is 51.8 Å². The Morgan fingerprint density at radius 3 is 2.68 bits per heavy atom. The van der Waals surface area contributed by atoms with Crippen molar-refractivity contribution in [1.82, 2.24) is 9.80 Å². The normalized spacial score (nSPS) is 18.1. The zero-order valence-corrected chi connectivity index (χ0v) is 13.8. The summed E-state index contributed by atoms with van der Waals surface area (Å²) in [5.41, 5.74) is 2.02. The van der Waals surface area contributed by atoms with Gasteiger partial charge in [-0.2, -0.15) is 0 Å². The van der Waals surface area contributed by atoms with Crippen LogP contribution in [-0.2, 0) is 9.53 Å². The van der Waals surface area contributed by atoms with Crippen molar-refractivity contribution in [3.63, 3.8) is 0 Å². The van der Waals surface area contributed by atoms with Gasteiger partial charge in [0.25, 0.3) is 0 Å². The number of carbonyl (C=O) groups excluding carboxylic acids is 1. The summed E-state index contributed by atoms with van der Waals surface area (Å²) >= 11 is 0. The molecule has 1 aliphatic rings. The number of amides is 1. The van der Waals surface area contributed by atoms with Crippen LogP contribution in [0.2, 0.25) is 0 Å². The molecule has 1 amide bonds. The van der Waals surface area contributed by atoms with Gasteiger partial charge in [0.2, 0.25) is 5.91 Å². The van der Waals surface area contributed by atoms with E-state index in [4.69, 9.17) is 4.74 Å². The Labute approximate surface area is 133 Å². The van der Waals surface area contributed by atoms with Crippen LogP contribution in [0.5, 0.6) is 0 Å². The second-order valence-corrected chi connectivity index (χ2v) is 5.91. The monoisotopic (exact) mass is 305 g/mol. The Balaban J connectivity index is 1.81. The molecule has 1 N–H and O–H groups in total. The molecule has 1 aliphatic heterocycles. The molecule has 0 spiro atoms. The maximum absolute atomic E-state index is 12.4. The molecule has 1 unspecified atom stereocenters. The number of rotatable bonds is 6. The Bertz CT molecular complexity index is 485. The van der Waals surface area contributed by atoms with Gasteiger partial charge in [0, 0.05) is 45.5 Å². The fourth-order valence-corrected chi connectivity index (χ4v) is 2.73. The highest BCUT2D eigenvalue weighted by atomic mass is 16.5. The largest absolute Gasteiger partial charge is 0.383 e. The minimum absolute atomic E-state index is 0.0657. The number of benzene rings is 1. The first-order chi connectivity index (χ1) is 10.6. The number of methoxy groups -OCH3 is 1. The summed E-state index contributed by atoms with van der Waals surface area (Å²) < 4.78 is 5.11. The summed E-state index contributed by atoms with van der Waals surface area (Å²) in [6, 6.07) is 7.81. The number of hydrogen-bond donors (Lipinski definition) is 1. The molecule has 1 fully saturated rings. The molecule has 0 saturated carbocycles. The van der Waals surface area contributed by atoms with Gasteiger partial charge >= 0.3 is 0 Å². The van der Waals surface area contributed by atoms with Gasteiger partial charge in [-0.05, 0) is 31.5 Å². The van der Waals surface area contributed by atoms with Gasteiger partial charge in [0.1, 0.15) is 0 Å². The standard InChI is InChI=1S/C17H27N3O2/c1-14-5-4-6-16(13-14)18-17(21)15(2)20-9-7-19(8-10-20)11-12-22-3/h4-6,13,15H,7-12H2,1-3H3,(H,18,21).